The zero-order valence-corrected chi connectivity index (χ0v) is 16.6. The maximum absolute atomic E-state index is 5.76. The average molecular weight is 395 g/mol. The highest BCUT2D eigenvalue weighted by atomic mass is 35.5. The van der Waals surface area contributed by atoms with Gasteiger partial charge in [0.1, 0.15) is 5.82 Å². The number of piperidine rings is 1. The molecule has 1 atom stereocenters. The Morgan fingerprint density at radius 2 is 1.92 bits per heavy atom. The van der Waals surface area contributed by atoms with Gasteiger partial charge in [0.25, 0.3) is 0 Å². The van der Waals surface area contributed by atoms with E-state index in [1.165, 1.54) is 19.3 Å². The van der Waals surface area contributed by atoms with Gasteiger partial charge in [-0.3, -0.25) is 4.57 Å². The number of thioether (sulfide) groups is 1. The molecule has 0 radical (unpaired) electrons. The van der Waals surface area contributed by atoms with Crippen LogP contribution in [-0.4, -0.2) is 46.3 Å². The van der Waals surface area contributed by atoms with Crippen LogP contribution in [0.1, 0.15) is 31.5 Å². The normalized spacial score (nSPS) is 20.8. The molecule has 0 aliphatic carbocycles. The van der Waals surface area contributed by atoms with Gasteiger partial charge < -0.3 is 10.1 Å². The maximum atomic E-state index is 5.76. The summed E-state index contributed by atoms with van der Waals surface area (Å²) >= 11 is 1.77. The van der Waals surface area contributed by atoms with E-state index < -0.39 is 0 Å². The Morgan fingerprint density at radius 3 is 2.65 bits per heavy atom. The molecule has 0 amide bonds. The molecule has 5 nitrogen and oxygen atoms in total. The van der Waals surface area contributed by atoms with E-state index in [2.05, 4.69) is 50.4 Å². The molecule has 2 fully saturated rings. The first-order valence-corrected chi connectivity index (χ1v) is 10.3. The summed E-state index contributed by atoms with van der Waals surface area (Å²) in [4.78, 5) is 0. The van der Waals surface area contributed by atoms with Crippen molar-refractivity contribution in [1.82, 2.24) is 20.1 Å². The summed E-state index contributed by atoms with van der Waals surface area (Å²) in [5.74, 6) is 2.75. The molecule has 1 aromatic carbocycles. The lowest BCUT2D eigenvalue weighted by atomic mass is 9.94. The number of benzene rings is 1. The fraction of sp³-hybridized carbons (Fsp3) is 0.579. The fourth-order valence-electron chi connectivity index (χ4n) is 3.65. The van der Waals surface area contributed by atoms with Gasteiger partial charge in [-0.15, -0.1) is 22.6 Å². The van der Waals surface area contributed by atoms with Crippen molar-refractivity contribution in [3.8, 4) is 5.69 Å². The lowest BCUT2D eigenvalue weighted by Gasteiger charge is -2.22. The van der Waals surface area contributed by atoms with Gasteiger partial charge in [-0.25, -0.2) is 0 Å². The van der Waals surface area contributed by atoms with Crippen LogP contribution in [0.25, 0.3) is 5.69 Å². The molecule has 7 heteroatoms. The van der Waals surface area contributed by atoms with E-state index in [1.807, 2.05) is 0 Å². The van der Waals surface area contributed by atoms with Gasteiger partial charge in [0.2, 0.25) is 0 Å². The van der Waals surface area contributed by atoms with Crippen LogP contribution < -0.4 is 5.32 Å². The van der Waals surface area contributed by atoms with Crippen LogP contribution in [0.4, 0.5) is 0 Å². The van der Waals surface area contributed by atoms with Crippen molar-refractivity contribution in [2.75, 3.05) is 25.4 Å². The monoisotopic (exact) mass is 394 g/mol. The summed E-state index contributed by atoms with van der Waals surface area (Å²) in [7, 11) is 0. The standard InChI is InChI=1S/C19H26N4OS.ClH/c1-2-5-16(6-3-1)23-18(13-15-8-10-20-11-9-15)21-22-19(23)25-14-17-7-4-12-24-17;/h1-3,5-6,15,17,20H,4,7-14H2;1H. The van der Waals surface area contributed by atoms with E-state index in [4.69, 9.17) is 4.74 Å². The molecule has 1 unspecified atom stereocenters. The molecule has 2 aromatic rings. The number of aromatic nitrogens is 3. The minimum absolute atomic E-state index is 0. The molecular formula is C19H27ClN4OS. The molecule has 142 valence electrons. The maximum Gasteiger partial charge on any atom is 0.195 e. The predicted molar refractivity (Wildman–Crippen MR) is 108 cm³/mol. The van der Waals surface area contributed by atoms with Gasteiger partial charge in [0.15, 0.2) is 5.16 Å². The Labute approximate surface area is 165 Å². The van der Waals surface area contributed by atoms with Gasteiger partial charge in [-0.1, -0.05) is 30.0 Å². The third-order valence-corrected chi connectivity index (χ3v) is 6.13. The number of halogens is 1. The first kappa shape index (κ1) is 19.7. The first-order chi connectivity index (χ1) is 12.4. The third kappa shape index (κ3) is 4.80. The predicted octanol–water partition coefficient (Wildman–Crippen LogP) is 3.50. The molecule has 2 aliphatic heterocycles. The summed E-state index contributed by atoms with van der Waals surface area (Å²) in [6.45, 7) is 3.13. The molecule has 3 heterocycles. The van der Waals surface area contributed by atoms with E-state index in [0.717, 1.165) is 55.0 Å². The minimum Gasteiger partial charge on any atom is -0.377 e. The van der Waals surface area contributed by atoms with Crippen molar-refractivity contribution in [3.63, 3.8) is 0 Å². The zero-order valence-electron chi connectivity index (χ0n) is 15.0. The van der Waals surface area contributed by atoms with Crippen LogP contribution in [0.3, 0.4) is 0 Å². The van der Waals surface area contributed by atoms with Crippen molar-refractivity contribution < 1.29 is 4.74 Å². The lowest BCUT2D eigenvalue weighted by Crippen LogP contribution is -2.29. The van der Waals surface area contributed by atoms with Gasteiger partial charge in [-0.2, -0.15) is 0 Å². The molecule has 4 rings (SSSR count). The Kier molecular flexibility index (Phi) is 7.37. The quantitative estimate of drug-likeness (QED) is 0.760. The molecule has 1 N–H and O–H groups in total. The van der Waals surface area contributed by atoms with E-state index in [-0.39, 0.29) is 12.4 Å². The summed E-state index contributed by atoms with van der Waals surface area (Å²) in [5, 5.41) is 13.5. The Morgan fingerprint density at radius 1 is 1.12 bits per heavy atom. The number of hydrogen-bond donors (Lipinski definition) is 1. The van der Waals surface area contributed by atoms with Crippen molar-refractivity contribution in [2.45, 2.75) is 43.4 Å². The molecule has 0 spiro atoms. The van der Waals surface area contributed by atoms with E-state index in [0.29, 0.717) is 12.0 Å². The summed E-state index contributed by atoms with van der Waals surface area (Å²) < 4.78 is 8.01. The van der Waals surface area contributed by atoms with Crippen molar-refractivity contribution in [1.29, 1.82) is 0 Å². The minimum atomic E-state index is 0. The summed E-state index contributed by atoms with van der Waals surface area (Å²) in [5.41, 5.74) is 1.16. The zero-order chi connectivity index (χ0) is 16.9. The second-order valence-corrected chi connectivity index (χ2v) is 7.90. The molecule has 1 aromatic heterocycles. The van der Waals surface area contributed by atoms with E-state index >= 15 is 0 Å². The highest BCUT2D eigenvalue weighted by Gasteiger charge is 2.22. The second-order valence-electron chi connectivity index (χ2n) is 6.91. The van der Waals surface area contributed by atoms with Crippen molar-refractivity contribution in [2.24, 2.45) is 5.92 Å². The molecule has 26 heavy (non-hydrogen) atoms. The van der Waals surface area contributed by atoms with E-state index in [1.54, 1.807) is 11.8 Å². The van der Waals surface area contributed by atoms with Crippen LogP contribution >= 0.6 is 24.2 Å². The number of ether oxygens (including phenoxy) is 1. The number of para-hydroxylation sites is 1. The number of nitrogens with zero attached hydrogens (tertiary/aromatic N) is 3. The van der Waals surface area contributed by atoms with Gasteiger partial charge in [0, 0.05) is 24.5 Å². The molecular weight excluding hydrogens is 368 g/mol. The van der Waals surface area contributed by atoms with Crippen LogP contribution in [0.2, 0.25) is 0 Å². The van der Waals surface area contributed by atoms with E-state index in [9.17, 15) is 0 Å². The Hall–Kier alpha value is -1.08. The number of hydrogen-bond acceptors (Lipinski definition) is 5. The van der Waals surface area contributed by atoms with Gasteiger partial charge in [-0.05, 0) is 56.8 Å². The van der Waals surface area contributed by atoms with Gasteiger partial charge >= 0.3 is 0 Å². The van der Waals surface area contributed by atoms with Gasteiger partial charge in [0.05, 0.1) is 6.10 Å². The van der Waals surface area contributed by atoms with Crippen LogP contribution in [-0.2, 0) is 11.2 Å². The molecule has 0 saturated carbocycles. The van der Waals surface area contributed by atoms with Crippen molar-refractivity contribution >= 4 is 24.2 Å². The third-order valence-electron chi connectivity index (χ3n) is 5.07. The fourth-order valence-corrected chi connectivity index (χ4v) is 4.69. The highest BCUT2D eigenvalue weighted by molar-refractivity contribution is 7.99. The Balaban J connectivity index is 0.00000196. The average Bonchev–Trinajstić information content (AvgIpc) is 3.31. The topological polar surface area (TPSA) is 52.0 Å². The Bertz CT molecular complexity index is 669. The number of rotatable bonds is 6. The smallest absolute Gasteiger partial charge is 0.195 e. The molecule has 2 aliphatic rings. The summed E-state index contributed by atoms with van der Waals surface area (Å²) in [6, 6.07) is 10.5. The second kappa shape index (κ2) is 9.74. The highest BCUT2D eigenvalue weighted by Crippen LogP contribution is 2.27. The van der Waals surface area contributed by atoms with Crippen LogP contribution in [0.15, 0.2) is 35.5 Å². The lowest BCUT2D eigenvalue weighted by molar-refractivity contribution is 0.129. The van der Waals surface area contributed by atoms with Crippen LogP contribution in [0.5, 0.6) is 0 Å². The van der Waals surface area contributed by atoms with Crippen molar-refractivity contribution in [3.05, 3.63) is 36.2 Å². The number of nitrogens with one attached hydrogen (secondary N) is 1. The molecule has 0 bridgehead atoms. The summed E-state index contributed by atoms with van der Waals surface area (Å²) in [6.07, 6.45) is 6.15. The SMILES string of the molecule is Cl.c1ccc(-n2c(CC3CCNCC3)nnc2SCC2CCCO2)cc1. The largest absolute Gasteiger partial charge is 0.377 e. The molecule has 2 saturated heterocycles. The van der Waals surface area contributed by atoms with Crippen LogP contribution in [0, 0.1) is 5.92 Å². The first-order valence-electron chi connectivity index (χ1n) is 9.35.